The second kappa shape index (κ2) is 6.49. The van der Waals surface area contributed by atoms with E-state index in [-0.39, 0.29) is 4.90 Å². The Labute approximate surface area is 128 Å². The van der Waals surface area contributed by atoms with E-state index in [1.165, 1.54) is 12.1 Å². The fourth-order valence-corrected chi connectivity index (χ4v) is 4.08. The third-order valence-corrected chi connectivity index (χ3v) is 5.34. The summed E-state index contributed by atoms with van der Waals surface area (Å²) < 4.78 is 40.6. The van der Waals surface area contributed by atoms with Crippen molar-refractivity contribution in [2.75, 3.05) is 10.5 Å². The fourth-order valence-electron chi connectivity index (χ4n) is 1.95. The molecule has 2 aromatic rings. The van der Waals surface area contributed by atoms with Crippen molar-refractivity contribution >= 4 is 27.5 Å². The van der Waals surface area contributed by atoms with Crippen molar-refractivity contribution in [2.45, 2.75) is 23.6 Å². The largest absolute Gasteiger partial charge is 0.278 e. The number of sulfonamides is 1. The van der Waals surface area contributed by atoms with Crippen LogP contribution < -0.4 is 4.72 Å². The molecule has 0 bridgehead atoms. The number of aryl methyl sites for hydroxylation is 1. The van der Waals surface area contributed by atoms with Crippen LogP contribution in [0.1, 0.15) is 12.5 Å². The van der Waals surface area contributed by atoms with Crippen molar-refractivity contribution < 1.29 is 12.8 Å². The first-order valence-corrected chi connectivity index (χ1v) is 8.91. The monoisotopic (exact) mass is 325 g/mol. The highest BCUT2D eigenvalue weighted by Crippen LogP contribution is 2.29. The predicted molar refractivity (Wildman–Crippen MR) is 84.8 cm³/mol. The van der Waals surface area contributed by atoms with E-state index in [0.717, 1.165) is 16.7 Å². The minimum atomic E-state index is -3.73. The van der Waals surface area contributed by atoms with Crippen LogP contribution in [0, 0.1) is 12.7 Å². The van der Waals surface area contributed by atoms with Gasteiger partial charge in [-0.1, -0.05) is 19.1 Å². The first-order valence-electron chi connectivity index (χ1n) is 6.45. The zero-order valence-electron chi connectivity index (χ0n) is 11.8. The van der Waals surface area contributed by atoms with Gasteiger partial charge in [-0.15, -0.1) is 11.8 Å². The van der Waals surface area contributed by atoms with Gasteiger partial charge in [0.05, 0.1) is 10.6 Å². The number of hydrogen-bond acceptors (Lipinski definition) is 3. The maximum atomic E-state index is 13.1. The molecule has 0 heterocycles. The molecule has 0 saturated carbocycles. The van der Waals surface area contributed by atoms with Gasteiger partial charge in [-0.05, 0) is 48.6 Å². The standard InChI is InChI=1S/C15H16FNO2S2/c1-3-20-14-7-5-4-6-13(14)17-21(18,19)15-9-8-12(16)10-11(15)2/h4-10,17H,3H2,1-2H3. The Bertz CT molecular complexity index is 745. The highest BCUT2D eigenvalue weighted by molar-refractivity contribution is 7.99. The second-order valence-corrected chi connectivity index (χ2v) is 7.40. The first-order chi connectivity index (χ1) is 9.94. The maximum absolute atomic E-state index is 13.1. The zero-order valence-corrected chi connectivity index (χ0v) is 13.4. The van der Waals surface area contributed by atoms with Crippen LogP contribution in [0.2, 0.25) is 0 Å². The van der Waals surface area contributed by atoms with Crippen LogP contribution in [0.3, 0.4) is 0 Å². The molecule has 112 valence electrons. The molecule has 0 amide bonds. The number of hydrogen-bond donors (Lipinski definition) is 1. The number of rotatable bonds is 5. The van der Waals surface area contributed by atoms with Gasteiger partial charge < -0.3 is 0 Å². The van der Waals surface area contributed by atoms with Gasteiger partial charge in [0.15, 0.2) is 0 Å². The quantitative estimate of drug-likeness (QED) is 0.844. The Hall–Kier alpha value is -1.53. The van der Waals surface area contributed by atoms with Gasteiger partial charge in [-0.2, -0.15) is 0 Å². The van der Waals surface area contributed by atoms with E-state index >= 15 is 0 Å². The topological polar surface area (TPSA) is 46.2 Å². The second-order valence-electron chi connectivity index (χ2n) is 4.44. The highest BCUT2D eigenvalue weighted by Gasteiger charge is 2.18. The van der Waals surface area contributed by atoms with Crippen LogP contribution in [0.25, 0.3) is 0 Å². The van der Waals surface area contributed by atoms with E-state index in [2.05, 4.69) is 4.72 Å². The average molecular weight is 325 g/mol. The smallest absolute Gasteiger partial charge is 0.262 e. The molecule has 0 unspecified atom stereocenters. The van der Waals surface area contributed by atoms with Crippen LogP contribution >= 0.6 is 11.8 Å². The minimum absolute atomic E-state index is 0.0835. The third-order valence-electron chi connectivity index (χ3n) is 2.86. The average Bonchev–Trinajstić information content (AvgIpc) is 2.40. The summed E-state index contributed by atoms with van der Waals surface area (Å²) in [6, 6.07) is 10.9. The molecule has 6 heteroatoms. The van der Waals surface area contributed by atoms with Crippen LogP contribution in [0.5, 0.6) is 0 Å². The normalized spacial score (nSPS) is 11.4. The molecule has 2 aromatic carbocycles. The molecule has 0 aliphatic rings. The van der Waals surface area contributed by atoms with Crippen molar-refractivity contribution in [1.29, 1.82) is 0 Å². The molecular formula is C15H16FNO2S2. The number of halogens is 1. The van der Waals surface area contributed by atoms with E-state index in [0.29, 0.717) is 11.3 Å². The maximum Gasteiger partial charge on any atom is 0.262 e. The SMILES string of the molecule is CCSc1ccccc1NS(=O)(=O)c1ccc(F)cc1C. The molecule has 21 heavy (non-hydrogen) atoms. The summed E-state index contributed by atoms with van der Waals surface area (Å²) in [5.41, 5.74) is 0.913. The molecule has 0 saturated heterocycles. The van der Waals surface area contributed by atoms with Crippen molar-refractivity contribution in [3.63, 3.8) is 0 Å². The molecule has 0 aliphatic carbocycles. The molecule has 2 rings (SSSR count). The number of nitrogens with one attached hydrogen (secondary N) is 1. The number of para-hydroxylation sites is 1. The molecule has 1 N–H and O–H groups in total. The van der Waals surface area contributed by atoms with Gasteiger partial charge in [-0.3, -0.25) is 4.72 Å². The molecule has 0 radical (unpaired) electrons. The Morgan fingerprint density at radius 1 is 1.19 bits per heavy atom. The van der Waals surface area contributed by atoms with Crippen LogP contribution in [-0.4, -0.2) is 14.2 Å². The van der Waals surface area contributed by atoms with Crippen molar-refractivity contribution in [3.8, 4) is 0 Å². The minimum Gasteiger partial charge on any atom is -0.278 e. The lowest BCUT2D eigenvalue weighted by atomic mass is 10.2. The van der Waals surface area contributed by atoms with Gasteiger partial charge in [0, 0.05) is 4.90 Å². The van der Waals surface area contributed by atoms with Crippen molar-refractivity contribution in [2.24, 2.45) is 0 Å². The fraction of sp³-hybridized carbons (Fsp3) is 0.200. The molecular weight excluding hydrogens is 309 g/mol. The molecule has 0 atom stereocenters. The summed E-state index contributed by atoms with van der Waals surface area (Å²) in [5, 5.41) is 0. The lowest BCUT2D eigenvalue weighted by molar-refractivity contribution is 0.598. The first kappa shape index (κ1) is 15.9. The Kier molecular flexibility index (Phi) is 4.90. The van der Waals surface area contributed by atoms with E-state index in [4.69, 9.17) is 0 Å². The third kappa shape index (κ3) is 3.77. The summed E-state index contributed by atoms with van der Waals surface area (Å²) in [6.07, 6.45) is 0. The van der Waals surface area contributed by atoms with E-state index in [9.17, 15) is 12.8 Å². The summed E-state index contributed by atoms with van der Waals surface area (Å²) in [4.78, 5) is 0.948. The highest BCUT2D eigenvalue weighted by atomic mass is 32.2. The zero-order chi connectivity index (χ0) is 15.5. The Morgan fingerprint density at radius 2 is 1.90 bits per heavy atom. The molecule has 0 fully saturated rings. The van der Waals surface area contributed by atoms with E-state index in [1.807, 2.05) is 19.1 Å². The van der Waals surface area contributed by atoms with Gasteiger partial charge >= 0.3 is 0 Å². The summed E-state index contributed by atoms with van der Waals surface area (Å²) in [7, 11) is -3.73. The summed E-state index contributed by atoms with van der Waals surface area (Å²) in [5.74, 6) is 0.391. The number of benzene rings is 2. The van der Waals surface area contributed by atoms with Crippen LogP contribution in [-0.2, 0) is 10.0 Å². The molecule has 3 nitrogen and oxygen atoms in total. The molecule has 0 aromatic heterocycles. The Balaban J connectivity index is 2.38. The molecule has 0 spiro atoms. The van der Waals surface area contributed by atoms with Crippen LogP contribution in [0.4, 0.5) is 10.1 Å². The lowest BCUT2D eigenvalue weighted by Crippen LogP contribution is -2.15. The van der Waals surface area contributed by atoms with Gasteiger partial charge in [0.2, 0.25) is 0 Å². The van der Waals surface area contributed by atoms with Gasteiger partial charge in [0.25, 0.3) is 10.0 Å². The summed E-state index contributed by atoms with van der Waals surface area (Å²) >= 11 is 1.56. The predicted octanol–water partition coefficient (Wildman–Crippen LogP) is 4.05. The van der Waals surface area contributed by atoms with Crippen LogP contribution in [0.15, 0.2) is 52.3 Å². The van der Waals surface area contributed by atoms with Gasteiger partial charge in [-0.25, -0.2) is 12.8 Å². The van der Waals surface area contributed by atoms with E-state index < -0.39 is 15.8 Å². The molecule has 0 aliphatic heterocycles. The Morgan fingerprint density at radius 3 is 2.57 bits per heavy atom. The van der Waals surface area contributed by atoms with Crippen molar-refractivity contribution in [3.05, 3.63) is 53.8 Å². The lowest BCUT2D eigenvalue weighted by Gasteiger charge is -2.13. The summed E-state index contributed by atoms with van der Waals surface area (Å²) in [6.45, 7) is 3.57. The van der Waals surface area contributed by atoms with Crippen molar-refractivity contribution in [1.82, 2.24) is 0 Å². The van der Waals surface area contributed by atoms with E-state index in [1.54, 1.807) is 30.8 Å². The van der Waals surface area contributed by atoms with Gasteiger partial charge in [0.1, 0.15) is 5.82 Å². The number of anilines is 1. The number of thioether (sulfide) groups is 1.